The van der Waals surface area contributed by atoms with Crippen molar-refractivity contribution in [2.24, 2.45) is 0 Å². The maximum Gasteiger partial charge on any atom is 0.0110 e. The summed E-state index contributed by atoms with van der Waals surface area (Å²) >= 11 is 0. The lowest BCUT2D eigenvalue weighted by molar-refractivity contribution is 0.215. The van der Waals surface area contributed by atoms with E-state index in [-0.39, 0.29) is 0 Å². The molecule has 0 aromatic rings. The molecule has 1 rings (SSSR count). The molecule has 0 amide bonds. The summed E-state index contributed by atoms with van der Waals surface area (Å²) in [5, 5.41) is 3.49. The molecule has 1 fully saturated rings. The third-order valence-electron chi connectivity index (χ3n) is 3.99. The van der Waals surface area contributed by atoms with Crippen LogP contribution in [0.4, 0.5) is 0 Å². The fraction of sp³-hybridized carbons (Fsp3) is 1.00. The first-order valence-corrected chi connectivity index (χ1v) is 7.79. The molecule has 17 heavy (non-hydrogen) atoms. The molecule has 2 nitrogen and oxygen atoms in total. The summed E-state index contributed by atoms with van der Waals surface area (Å²) in [4.78, 5) is 2.67. The van der Waals surface area contributed by atoms with E-state index >= 15 is 0 Å². The van der Waals surface area contributed by atoms with Gasteiger partial charge in [0.15, 0.2) is 0 Å². The van der Waals surface area contributed by atoms with E-state index in [1.807, 2.05) is 0 Å². The third kappa shape index (κ3) is 7.05. The van der Waals surface area contributed by atoms with Crippen molar-refractivity contribution < 1.29 is 0 Å². The number of nitrogens with one attached hydrogen (secondary N) is 1. The van der Waals surface area contributed by atoms with Gasteiger partial charge < -0.3 is 5.32 Å². The highest BCUT2D eigenvalue weighted by Gasteiger charge is 2.15. The van der Waals surface area contributed by atoms with Crippen LogP contribution >= 0.6 is 0 Å². The monoisotopic (exact) mass is 240 g/mol. The maximum atomic E-state index is 3.49. The van der Waals surface area contributed by atoms with Gasteiger partial charge in [-0.1, -0.05) is 45.4 Å². The van der Waals surface area contributed by atoms with Crippen LogP contribution in [0, 0.1) is 0 Å². The minimum absolute atomic E-state index is 0.782. The highest BCUT2D eigenvalue weighted by atomic mass is 15.2. The molecule has 1 heterocycles. The SMILES string of the molecule is CCCCCCCCCN1CCNCCC1C. The van der Waals surface area contributed by atoms with E-state index in [0.29, 0.717) is 0 Å². The summed E-state index contributed by atoms with van der Waals surface area (Å²) in [5.74, 6) is 0. The smallest absolute Gasteiger partial charge is 0.0110 e. The highest BCUT2D eigenvalue weighted by Crippen LogP contribution is 2.10. The maximum absolute atomic E-state index is 3.49. The van der Waals surface area contributed by atoms with Crippen LogP contribution in [0.3, 0.4) is 0 Å². The highest BCUT2D eigenvalue weighted by molar-refractivity contribution is 4.73. The average Bonchev–Trinajstić information content (AvgIpc) is 2.53. The van der Waals surface area contributed by atoms with E-state index in [1.165, 1.54) is 77.5 Å². The Labute approximate surface area is 108 Å². The third-order valence-corrected chi connectivity index (χ3v) is 3.99. The van der Waals surface area contributed by atoms with Crippen LogP contribution in [-0.4, -0.2) is 37.1 Å². The second-order valence-corrected chi connectivity index (χ2v) is 5.54. The van der Waals surface area contributed by atoms with Crippen molar-refractivity contribution in [2.75, 3.05) is 26.2 Å². The fourth-order valence-corrected chi connectivity index (χ4v) is 2.67. The second kappa shape index (κ2) is 9.90. The van der Waals surface area contributed by atoms with Gasteiger partial charge in [-0.2, -0.15) is 0 Å². The van der Waals surface area contributed by atoms with Gasteiger partial charge in [0, 0.05) is 19.1 Å². The lowest BCUT2D eigenvalue weighted by atomic mass is 10.1. The molecule has 102 valence electrons. The van der Waals surface area contributed by atoms with Gasteiger partial charge in [-0.3, -0.25) is 4.90 Å². The number of unbranched alkanes of at least 4 members (excludes halogenated alkanes) is 6. The van der Waals surface area contributed by atoms with Crippen molar-refractivity contribution in [3.63, 3.8) is 0 Å². The quantitative estimate of drug-likeness (QED) is 0.654. The zero-order valence-corrected chi connectivity index (χ0v) is 12.0. The topological polar surface area (TPSA) is 15.3 Å². The Kier molecular flexibility index (Phi) is 8.72. The molecule has 1 unspecified atom stereocenters. The second-order valence-electron chi connectivity index (χ2n) is 5.54. The average molecular weight is 240 g/mol. The molecule has 0 saturated carbocycles. The Morgan fingerprint density at radius 3 is 2.47 bits per heavy atom. The first kappa shape index (κ1) is 15.0. The van der Waals surface area contributed by atoms with Crippen molar-refractivity contribution in [1.82, 2.24) is 10.2 Å². The van der Waals surface area contributed by atoms with Crippen molar-refractivity contribution in [3.05, 3.63) is 0 Å². The van der Waals surface area contributed by atoms with E-state index < -0.39 is 0 Å². The molecule has 0 aliphatic carbocycles. The zero-order valence-electron chi connectivity index (χ0n) is 12.0. The number of hydrogen-bond donors (Lipinski definition) is 1. The van der Waals surface area contributed by atoms with Crippen molar-refractivity contribution >= 4 is 0 Å². The summed E-state index contributed by atoms with van der Waals surface area (Å²) in [7, 11) is 0. The van der Waals surface area contributed by atoms with Gasteiger partial charge in [0.1, 0.15) is 0 Å². The molecule has 2 heteroatoms. The first-order chi connectivity index (χ1) is 8.34. The molecule has 1 saturated heterocycles. The van der Waals surface area contributed by atoms with Gasteiger partial charge in [0.05, 0.1) is 0 Å². The Morgan fingerprint density at radius 1 is 1.00 bits per heavy atom. The van der Waals surface area contributed by atoms with Gasteiger partial charge in [-0.25, -0.2) is 0 Å². The van der Waals surface area contributed by atoms with Gasteiger partial charge in [-0.15, -0.1) is 0 Å². The van der Waals surface area contributed by atoms with Crippen LogP contribution in [0.2, 0.25) is 0 Å². The minimum atomic E-state index is 0.782. The van der Waals surface area contributed by atoms with Crippen molar-refractivity contribution in [3.8, 4) is 0 Å². The Balaban J connectivity index is 1.97. The summed E-state index contributed by atoms with van der Waals surface area (Å²) in [6.07, 6.45) is 11.3. The molecule has 1 atom stereocenters. The normalized spacial score (nSPS) is 22.6. The van der Waals surface area contributed by atoms with Gasteiger partial charge in [-0.05, 0) is 32.9 Å². The predicted molar refractivity (Wildman–Crippen MR) is 76.5 cm³/mol. The number of nitrogens with zero attached hydrogens (tertiary/aromatic N) is 1. The van der Waals surface area contributed by atoms with Crippen LogP contribution in [-0.2, 0) is 0 Å². The van der Waals surface area contributed by atoms with Crippen LogP contribution in [0.15, 0.2) is 0 Å². The summed E-state index contributed by atoms with van der Waals surface area (Å²) in [6.45, 7) is 9.62. The number of hydrogen-bond acceptors (Lipinski definition) is 2. The fourth-order valence-electron chi connectivity index (χ4n) is 2.67. The van der Waals surface area contributed by atoms with E-state index in [9.17, 15) is 0 Å². The van der Waals surface area contributed by atoms with Crippen molar-refractivity contribution in [2.45, 2.75) is 71.3 Å². The van der Waals surface area contributed by atoms with Crippen LogP contribution in [0.1, 0.15) is 65.2 Å². The molecule has 0 aromatic carbocycles. The molecule has 0 aromatic heterocycles. The Bertz CT molecular complexity index is 170. The Hall–Kier alpha value is -0.0800. The summed E-state index contributed by atoms with van der Waals surface area (Å²) in [6, 6.07) is 0.782. The van der Waals surface area contributed by atoms with Crippen LogP contribution in [0.5, 0.6) is 0 Å². The predicted octanol–water partition coefficient (Wildman–Crippen LogP) is 3.42. The molecule has 0 spiro atoms. The standard InChI is InChI=1S/C15H32N2/c1-3-4-5-6-7-8-9-13-17-14-12-16-11-10-15(17)2/h15-16H,3-14H2,1-2H3. The molecule has 0 bridgehead atoms. The Morgan fingerprint density at radius 2 is 1.71 bits per heavy atom. The molecular weight excluding hydrogens is 208 g/mol. The van der Waals surface area contributed by atoms with E-state index in [2.05, 4.69) is 24.1 Å². The zero-order chi connectivity index (χ0) is 12.3. The van der Waals surface area contributed by atoms with Gasteiger partial charge in [0.25, 0.3) is 0 Å². The van der Waals surface area contributed by atoms with E-state index in [4.69, 9.17) is 0 Å². The molecule has 1 aliphatic heterocycles. The minimum Gasteiger partial charge on any atom is -0.315 e. The van der Waals surface area contributed by atoms with Gasteiger partial charge >= 0.3 is 0 Å². The van der Waals surface area contributed by atoms with Crippen molar-refractivity contribution in [1.29, 1.82) is 0 Å². The summed E-state index contributed by atoms with van der Waals surface area (Å²) < 4.78 is 0. The first-order valence-electron chi connectivity index (χ1n) is 7.79. The largest absolute Gasteiger partial charge is 0.315 e. The summed E-state index contributed by atoms with van der Waals surface area (Å²) in [5.41, 5.74) is 0. The van der Waals surface area contributed by atoms with Gasteiger partial charge in [0.2, 0.25) is 0 Å². The lowest BCUT2D eigenvalue weighted by Crippen LogP contribution is -2.35. The van der Waals surface area contributed by atoms with Crippen LogP contribution in [0.25, 0.3) is 0 Å². The molecule has 0 radical (unpaired) electrons. The van der Waals surface area contributed by atoms with Crippen LogP contribution < -0.4 is 5.32 Å². The molecular formula is C15H32N2. The molecule has 1 aliphatic rings. The lowest BCUT2D eigenvalue weighted by Gasteiger charge is -2.26. The molecule has 1 N–H and O–H groups in total. The van der Waals surface area contributed by atoms with E-state index in [0.717, 1.165) is 6.04 Å². The van der Waals surface area contributed by atoms with E-state index in [1.54, 1.807) is 0 Å². The number of rotatable bonds is 8.